The van der Waals surface area contributed by atoms with E-state index in [-0.39, 0.29) is 16.6 Å². The van der Waals surface area contributed by atoms with Crippen molar-refractivity contribution < 1.29 is 18.1 Å². The van der Waals surface area contributed by atoms with Gasteiger partial charge < -0.3 is 10.2 Å². The highest BCUT2D eigenvalue weighted by atomic mass is 32.2. The van der Waals surface area contributed by atoms with Crippen molar-refractivity contribution in [2.24, 2.45) is 0 Å². The molecule has 2 rings (SSSR count). The zero-order chi connectivity index (χ0) is 19.5. The SMILES string of the molecule is CC(c1ccc(S(C)(=O)=O)cc1)N(C)C(=O)Nc1cccc([N+](=O)[O-])c1. The van der Waals surface area contributed by atoms with Gasteiger partial charge >= 0.3 is 6.03 Å². The Bertz CT molecular complexity index is 926. The first-order chi connectivity index (χ1) is 12.1. The van der Waals surface area contributed by atoms with Crippen LogP contribution in [0.1, 0.15) is 18.5 Å². The molecule has 26 heavy (non-hydrogen) atoms. The van der Waals surface area contributed by atoms with Gasteiger partial charge in [-0.25, -0.2) is 13.2 Å². The number of nitrogens with zero attached hydrogens (tertiary/aromatic N) is 2. The fourth-order valence-electron chi connectivity index (χ4n) is 2.30. The van der Waals surface area contributed by atoms with E-state index in [1.54, 1.807) is 32.2 Å². The van der Waals surface area contributed by atoms with Crippen LogP contribution in [0.3, 0.4) is 0 Å². The van der Waals surface area contributed by atoms with Gasteiger partial charge in [-0.15, -0.1) is 0 Å². The molecule has 1 N–H and O–H groups in total. The van der Waals surface area contributed by atoms with Gasteiger partial charge in [-0.2, -0.15) is 0 Å². The summed E-state index contributed by atoms with van der Waals surface area (Å²) in [6.45, 7) is 1.79. The molecule has 1 atom stereocenters. The molecule has 0 aliphatic carbocycles. The van der Waals surface area contributed by atoms with Gasteiger partial charge in [0.2, 0.25) is 0 Å². The molecule has 9 heteroatoms. The molecule has 0 saturated carbocycles. The fourth-order valence-corrected chi connectivity index (χ4v) is 2.93. The van der Waals surface area contributed by atoms with Crippen molar-refractivity contribution in [2.45, 2.75) is 17.9 Å². The third kappa shape index (κ3) is 4.57. The minimum atomic E-state index is -3.28. The van der Waals surface area contributed by atoms with Crippen LogP contribution in [0.25, 0.3) is 0 Å². The Kier molecular flexibility index (Phi) is 5.61. The maximum absolute atomic E-state index is 12.4. The molecule has 0 aliphatic rings. The van der Waals surface area contributed by atoms with Crippen LogP contribution in [0.2, 0.25) is 0 Å². The number of nitro benzene ring substituents is 1. The van der Waals surface area contributed by atoms with Gasteiger partial charge in [0, 0.05) is 31.1 Å². The minimum Gasteiger partial charge on any atom is -0.321 e. The Balaban J connectivity index is 2.12. The second-order valence-corrected chi connectivity index (χ2v) is 7.88. The molecule has 0 bridgehead atoms. The lowest BCUT2D eigenvalue weighted by atomic mass is 10.1. The predicted octanol–water partition coefficient (Wildman–Crippen LogP) is 3.22. The second-order valence-electron chi connectivity index (χ2n) is 5.87. The van der Waals surface area contributed by atoms with Gasteiger partial charge in [-0.3, -0.25) is 10.1 Å². The third-order valence-corrected chi connectivity index (χ3v) is 5.13. The van der Waals surface area contributed by atoms with Gasteiger partial charge in [-0.1, -0.05) is 18.2 Å². The molecule has 138 valence electrons. The normalized spacial score (nSPS) is 12.3. The number of hydrogen-bond donors (Lipinski definition) is 1. The number of anilines is 1. The zero-order valence-electron chi connectivity index (χ0n) is 14.5. The van der Waals surface area contributed by atoms with Gasteiger partial charge in [0.1, 0.15) is 0 Å². The van der Waals surface area contributed by atoms with E-state index < -0.39 is 20.8 Å². The number of amides is 2. The molecule has 0 aliphatic heterocycles. The van der Waals surface area contributed by atoms with Crippen LogP contribution in [0.4, 0.5) is 16.2 Å². The maximum atomic E-state index is 12.4. The lowest BCUT2D eigenvalue weighted by Gasteiger charge is -2.25. The highest BCUT2D eigenvalue weighted by Gasteiger charge is 2.19. The summed E-state index contributed by atoms with van der Waals surface area (Å²) in [5.41, 5.74) is 0.958. The number of non-ortho nitro benzene ring substituents is 1. The molecule has 2 aromatic carbocycles. The van der Waals surface area contributed by atoms with Crippen LogP contribution in [0, 0.1) is 10.1 Å². The summed E-state index contributed by atoms with van der Waals surface area (Å²) in [4.78, 5) is 24.3. The molecule has 2 aromatic rings. The Morgan fingerprint density at radius 3 is 2.35 bits per heavy atom. The van der Waals surface area contributed by atoms with E-state index in [1.807, 2.05) is 0 Å². The molecular weight excluding hydrogens is 358 g/mol. The fraction of sp³-hybridized carbons (Fsp3) is 0.235. The van der Waals surface area contributed by atoms with Gasteiger partial charge in [0.25, 0.3) is 5.69 Å². The van der Waals surface area contributed by atoms with Crippen molar-refractivity contribution in [1.29, 1.82) is 0 Å². The molecule has 0 radical (unpaired) electrons. The molecule has 2 amide bonds. The van der Waals surface area contributed by atoms with E-state index in [9.17, 15) is 23.3 Å². The van der Waals surface area contributed by atoms with Crippen molar-refractivity contribution in [3.63, 3.8) is 0 Å². The van der Waals surface area contributed by atoms with Crippen LogP contribution in [0.15, 0.2) is 53.4 Å². The Morgan fingerprint density at radius 2 is 1.81 bits per heavy atom. The van der Waals surface area contributed by atoms with Crippen LogP contribution in [0.5, 0.6) is 0 Å². The average Bonchev–Trinajstić information content (AvgIpc) is 2.60. The van der Waals surface area contributed by atoms with Crippen molar-refractivity contribution >= 4 is 27.2 Å². The zero-order valence-corrected chi connectivity index (χ0v) is 15.4. The summed E-state index contributed by atoms with van der Waals surface area (Å²) in [5.74, 6) is 0. The molecule has 0 aromatic heterocycles. The Morgan fingerprint density at radius 1 is 1.19 bits per heavy atom. The molecule has 1 unspecified atom stereocenters. The average molecular weight is 377 g/mol. The summed E-state index contributed by atoms with van der Waals surface area (Å²) in [6, 6.07) is 11.2. The Hall–Kier alpha value is -2.94. The first-order valence-electron chi connectivity index (χ1n) is 7.68. The van der Waals surface area contributed by atoms with Crippen LogP contribution in [-0.2, 0) is 9.84 Å². The smallest absolute Gasteiger partial charge is 0.321 e. The molecule has 0 fully saturated rings. The summed E-state index contributed by atoms with van der Waals surface area (Å²) in [5, 5.41) is 13.4. The van der Waals surface area contributed by atoms with Crippen molar-refractivity contribution in [2.75, 3.05) is 18.6 Å². The standard InChI is InChI=1S/C17H19N3O5S/c1-12(13-7-9-16(10-8-13)26(3,24)25)19(2)17(21)18-14-5-4-6-15(11-14)20(22)23/h4-12H,1-3H3,(H,18,21). The quantitative estimate of drug-likeness (QED) is 0.635. The minimum absolute atomic E-state index is 0.116. The summed E-state index contributed by atoms with van der Waals surface area (Å²) >= 11 is 0. The van der Waals surface area contributed by atoms with E-state index >= 15 is 0 Å². The van der Waals surface area contributed by atoms with E-state index in [4.69, 9.17) is 0 Å². The largest absolute Gasteiger partial charge is 0.322 e. The molecule has 0 spiro atoms. The second kappa shape index (κ2) is 7.52. The van der Waals surface area contributed by atoms with Crippen molar-refractivity contribution in [3.8, 4) is 0 Å². The first kappa shape index (κ1) is 19.4. The number of sulfone groups is 1. The van der Waals surface area contributed by atoms with E-state index in [0.717, 1.165) is 11.8 Å². The van der Waals surface area contributed by atoms with E-state index in [2.05, 4.69) is 5.32 Å². The molecule has 8 nitrogen and oxygen atoms in total. The number of urea groups is 1. The number of rotatable bonds is 5. The molecule has 0 heterocycles. The summed E-state index contributed by atoms with van der Waals surface area (Å²) in [6.07, 6.45) is 1.13. The van der Waals surface area contributed by atoms with Crippen molar-refractivity contribution in [3.05, 3.63) is 64.2 Å². The number of nitro groups is 1. The number of nitrogens with one attached hydrogen (secondary N) is 1. The van der Waals surface area contributed by atoms with Crippen molar-refractivity contribution in [1.82, 2.24) is 4.90 Å². The monoisotopic (exact) mass is 377 g/mol. The summed E-state index contributed by atoms with van der Waals surface area (Å²) < 4.78 is 23.0. The Labute approximate surface area is 151 Å². The van der Waals surface area contributed by atoms with Gasteiger partial charge in [0.05, 0.1) is 15.9 Å². The van der Waals surface area contributed by atoms with Crippen LogP contribution in [-0.4, -0.2) is 37.6 Å². The topological polar surface area (TPSA) is 110 Å². The number of benzene rings is 2. The third-order valence-electron chi connectivity index (χ3n) is 4.00. The number of carbonyl (C=O) groups is 1. The molecular formula is C17H19N3O5S. The predicted molar refractivity (Wildman–Crippen MR) is 97.8 cm³/mol. The van der Waals surface area contributed by atoms with Gasteiger partial charge in [0.15, 0.2) is 9.84 Å². The lowest BCUT2D eigenvalue weighted by Crippen LogP contribution is -2.33. The highest BCUT2D eigenvalue weighted by Crippen LogP contribution is 2.22. The number of hydrogen-bond acceptors (Lipinski definition) is 5. The van der Waals surface area contributed by atoms with E-state index in [1.165, 1.54) is 35.2 Å². The maximum Gasteiger partial charge on any atom is 0.322 e. The number of carbonyl (C=O) groups excluding carboxylic acids is 1. The lowest BCUT2D eigenvalue weighted by molar-refractivity contribution is -0.384. The first-order valence-corrected chi connectivity index (χ1v) is 9.57. The molecule has 0 saturated heterocycles. The van der Waals surface area contributed by atoms with E-state index in [0.29, 0.717) is 5.69 Å². The van der Waals surface area contributed by atoms with Crippen LogP contribution >= 0.6 is 0 Å². The van der Waals surface area contributed by atoms with Gasteiger partial charge in [-0.05, 0) is 30.7 Å². The summed E-state index contributed by atoms with van der Waals surface area (Å²) in [7, 11) is -1.70. The highest BCUT2D eigenvalue weighted by molar-refractivity contribution is 7.90. The van der Waals surface area contributed by atoms with Crippen LogP contribution < -0.4 is 5.32 Å².